The smallest absolute Gasteiger partial charge is 0.235 e. The summed E-state index contributed by atoms with van der Waals surface area (Å²) in [6.07, 6.45) is 10.6. The van der Waals surface area contributed by atoms with Gasteiger partial charge in [-0.1, -0.05) is 24.6 Å². The van der Waals surface area contributed by atoms with Gasteiger partial charge in [-0.15, -0.1) is 10.2 Å². The number of amides is 1. The quantitative estimate of drug-likeness (QED) is 0.823. The average molecular weight is 332 g/mol. The summed E-state index contributed by atoms with van der Waals surface area (Å²) < 4.78 is 4.03. The highest BCUT2D eigenvalue weighted by Crippen LogP contribution is 2.37. The van der Waals surface area contributed by atoms with Gasteiger partial charge in [0.05, 0.1) is 18.0 Å². The molecule has 0 atom stereocenters. The minimum absolute atomic E-state index is 0.0277. The molecular formula is C15H20N6OS. The second-order valence-corrected chi connectivity index (χ2v) is 7.13. The molecule has 2 aliphatic rings. The van der Waals surface area contributed by atoms with Crippen molar-refractivity contribution < 1.29 is 4.79 Å². The lowest BCUT2D eigenvalue weighted by molar-refractivity contribution is -0.113. The predicted molar refractivity (Wildman–Crippen MR) is 87.4 cm³/mol. The van der Waals surface area contributed by atoms with Crippen LogP contribution in [0.25, 0.3) is 0 Å². The first-order chi connectivity index (χ1) is 11.3. The topological polar surface area (TPSA) is 77.6 Å². The molecule has 8 heteroatoms. The van der Waals surface area contributed by atoms with E-state index in [1.54, 1.807) is 12.5 Å². The minimum atomic E-state index is -0.0277. The van der Waals surface area contributed by atoms with Crippen molar-refractivity contribution in [3.05, 3.63) is 18.6 Å². The fourth-order valence-electron chi connectivity index (χ4n) is 3.10. The van der Waals surface area contributed by atoms with Crippen LogP contribution in [0.15, 0.2) is 23.7 Å². The molecule has 122 valence electrons. The van der Waals surface area contributed by atoms with Gasteiger partial charge in [-0.25, -0.2) is 4.68 Å². The lowest BCUT2D eigenvalue weighted by Crippen LogP contribution is -2.19. The van der Waals surface area contributed by atoms with Gasteiger partial charge >= 0.3 is 0 Å². The number of aromatic nitrogens is 5. The fraction of sp³-hybridized carbons (Fsp3) is 0.600. The van der Waals surface area contributed by atoms with Crippen LogP contribution in [0.3, 0.4) is 0 Å². The van der Waals surface area contributed by atoms with E-state index in [2.05, 4.69) is 25.2 Å². The van der Waals surface area contributed by atoms with Crippen LogP contribution in [0.5, 0.6) is 0 Å². The normalized spacial score (nSPS) is 18.4. The molecule has 4 rings (SSSR count). The summed E-state index contributed by atoms with van der Waals surface area (Å²) in [6.45, 7) is 0. The van der Waals surface area contributed by atoms with Gasteiger partial charge in [0.25, 0.3) is 0 Å². The van der Waals surface area contributed by atoms with Crippen molar-refractivity contribution in [1.29, 1.82) is 0 Å². The Kier molecular flexibility index (Phi) is 4.07. The fourth-order valence-corrected chi connectivity index (χ4v) is 3.88. The molecule has 0 bridgehead atoms. The molecule has 2 aromatic rings. The van der Waals surface area contributed by atoms with Gasteiger partial charge in [0, 0.05) is 12.1 Å². The van der Waals surface area contributed by atoms with Crippen molar-refractivity contribution in [3.8, 4) is 0 Å². The number of nitrogens with one attached hydrogen (secondary N) is 1. The summed E-state index contributed by atoms with van der Waals surface area (Å²) >= 11 is 1.44. The van der Waals surface area contributed by atoms with Crippen molar-refractivity contribution in [2.75, 3.05) is 11.1 Å². The number of hydrogen-bond acceptors (Lipinski definition) is 5. The number of nitrogens with zero attached hydrogens (tertiary/aromatic N) is 5. The number of hydrogen-bond donors (Lipinski definition) is 1. The van der Waals surface area contributed by atoms with E-state index in [4.69, 9.17) is 0 Å². The molecule has 7 nitrogen and oxygen atoms in total. The van der Waals surface area contributed by atoms with Gasteiger partial charge in [0.1, 0.15) is 12.1 Å². The third-order valence-electron chi connectivity index (χ3n) is 4.42. The zero-order chi connectivity index (χ0) is 15.6. The summed E-state index contributed by atoms with van der Waals surface area (Å²) in [7, 11) is 0. The van der Waals surface area contributed by atoms with Crippen LogP contribution < -0.4 is 5.32 Å². The first-order valence-electron chi connectivity index (χ1n) is 8.17. The third kappa shape index (κ3) is 3.26. The molecule has 1 amide bonds. The summed E-state index contributed by atoms with van der Waals surface area (Å²) in [6, 6.07) is 2.82. The minimum Gasteiger partial charge on any atom is -0.310 e. The van der Waals surface area contributed by atoms with E-state index in [0.717, 1.165) is 23.8 Å². The number of anilines is 1. The monoisotopic (exact) mass is 332 g/mol. The van der Waals surface area contributed by atoms with Crippen LogP contribution in [-0.4, -0.2) is 36.2 Å². The van der Waals surface area contributed by atoms with Gasteiger partial charge in [-0.2, -0.15) is 5.10 Å². The Bertz CT molecular complexity index is 686. The number of rotatable bonds is 6. The number of thioether (sulfide) groups is 1. The summed E-state index contributed by atoms with van der Waals surface area (Å²) in [4.78, 5) is 12.2. The molecule has 2 aliphatic carbocycles. The van der Waals surface area contributed by atoms with Gasteiger partial charge in [-0.05, 0) is 25.7 Å². The van der Waals surface area contributed by atoms with Crippen molar-refractivity contribution in [2.45, 2.75) is 55.8 Å². The second-order valence-electron chi connectivity index (χ2n) is 6.19. The molecule has 2 saturated carbocycles. The lowest BCUT2D eigenvalue weighted by Gasteiger charge is -2.14. The van der Waals surface area contributed by atoms with Crippen LogP contribution in [0, 0.1) is 0 Å². The number of carbonyl (C=O) groups is 1. The van der Waals surface area contributed by atoms with Crippen molar-refractivity contribution >= 4 is 23.5 Å². The molecule has 0 unspecified atom stereocenters. The molecule has 2 fully saturated rings. The molecular weight excluding hydrogens is 312 g/mol. The number of carbonyl (C=O) groups excluding carboxylic acids is 1. The van der Waals surface area contributed by atoms with Crippen molar-refractivity contribution in [1.82, 2.24) is 24.5 Å². The van der Waals surface area contributed by atoms with E-state index >= 15 is 0 Å². The molecule has 0 aromatic carbocycles. The van der Waals surface area contributed by atoms with Crippen molar-refractivity contribution in [3.63, 3.8) is 0 Å². The Morgan fingerprint density at radius 1 is 1.26 bits per heavy atom. The Hall–Kier alpha value is -1.83. The van der Waals surface area contributed by atoms with E-state index < -0.39 is 0 Å². The maximum Gasteiger partial charge on any atom is 0.235 e. The summed E-state index contributed by atoms with van der Waals surface area (Å²) in [5.74, 6) is 1.10. The Morgan fingerprint density at radius 2 is 2.09 bits per heavy atom. The second kappa shape index (κ2) is 6.35. The van der Waals surface area contributed by atoms with E-state index in [-0.39, 0.29) is 5.91 Å². The average Bonchev–Trinajstić information content (AvgIpc) is 3.00. The molecule has 2 heterocycles. The standard InChI is InChI=1S/C15H20N6OS/c22-14(9-23-15-19-16-10-20(15)11-5-6-11)18-13-7-8-17-21(13)12-3-1-2-4-12/h7-8,10-12H,1-6,9H2,(H,18,22). The highest BCUT2D eigenvalue weighted by Gasteiger charge is 2.26. The summed E-state index contributed by atoms with van der Waals surface area (Å²) in [5.41, 5.74) is 0. The highest BCUT2D eigenvalue weighted by atomic mass is 32.2. The first-order valence-corrected chi connectivity index (χ1v) is 9.15. The van der Waals surface area contributed by atoms with Crippen LogP contribution in [0.2, 0.25) is 0 Å². The lowest BCUT2D eigenvalue weighted by atomic mass is 10.2. The van der Waals surface area contributed by atoms with E-state index in [0.29, 0.717) is 17.8 Å². The third-order valence-corrected chi connectivity index (χ3v) is 5.38. The van der Waals surface area contributed by atoms with E-state index in [1.807, 2.05) is 10.7 Å². The Labute approximate surface area is 138 Å². The SMILES string of the molecule is O=C(CSc1nncn1C1CC1)Nc1ccnn1C1CCCC1. The van der Waals surface area contributed by atoms with Crippen LogP contribution in [-0.2, 0) is 4.79 Å². The van der Waals surface area contributed by atoms with Crippen LogP contribution in [0.1, 0.15) is 50.6 Å². The highest BCUT2D eigenvalue weighted by molar-refractivity contribution is 7.99. The van der Waals surface area contributed by atoms with Gasteiger partial charge in [0.2, 0.25) is 5.91 Å². The Morgan fingerprint density at radius 3 is 2.87 bits per heavy atom. The van der Waals surface area contributed by atoms with E-state index in [9.17, 15) is 4.79 Å². The molecule has 23 heavy (non-hydrogen) atoms. The van der Waals surface area contributed by atoms with Crippen LogP contribution in [0.4, 0.5) is 5.82 Å². The van der Waals surface area contributed by atoms with E-state index in [1.165, 1.54) is 37.4 Å². The largest absolute Gasteiger partial charge is 0.310 e. The molecule has 0 radical (unpaired) electrons. The van der Waals surface area contributed by atoms with Crippen LogP contribution >= 0.6 is 11.8 Å². The molecule has 0 aliphatic heterocycles. The van der Waals surface area contributed by atoms with Gasteiger partial charge < -0.3 is 9.88 Å². The maximum atomic E-state index is 12.2. The summed E-state index contributed by atoms with van der Waals surface area (Å²) in [5, 5.41) is 16.2. The predicted octanol–water partition coefficient (Wildman–Crippen LogP) is 2.66. The maximum absolute atomic E-state index is 12.2. The molecule has 0 spiro atoms. The molecule has 1 N–H and O–H groups in total. The Balaban J connectivity index is 1.35. The van der Waals surface area contributed by atoms with Gasteiger partial charge in [-0.3, -0.25) is 4.79 Å². The first kappa shape index (κ1) is 14.7. The molecule has 0 saturated heterocycles. The van der Waals surface area contributed by atoms with Gasteiger partial charge in [0.15, 0.2) is 5.16 Å². The zero-order valence-electron chi connectivity index (χ0n) is 12.9. The molecule has 2 aromatic heterocycles. The zero-order valence-corrected chi connectivity index (χ0v) is 13.7. The van der Waals surface area contributed by atoms with Crippen molar-refractivity contribution in [2.24, 2.45) is 0 Å².